The quantitative estimate of drug-likeness (QED) is 0.829. The summed E-state index contributed by atoms with van der Waals surface area (Å²) in [5.41, 5.74) is 4.73. The largest absolute Gasteiger partial charge is 0.313 e. The molecule has 0 aliphatic carbocycles. The van der Waals surface area contributed by atoms with Crippen molar-refractivity contribution in [2.24, 2.45) is 0 Å². The molecule has 0 radical (unpaired) electrons. The molecule has 2 aromatic carbocycles. The Labute approximate surface area is 124 Å². The molecule has 0 bridgehead atoms. The maximum Gasteiger partial charge on any atom is 0.0426 e. The van der Waals surface area contributed by atoms with Crippen molar-refractivity contribution < 1.29 is 0 Å². The number of hydrogen-bond donors (Lipinski definition) is 1. The molecule has 1 nitrogen and oxygen atoms in total. The summed E-state index contributed by atoms with van der Waals surface area (Å²) in [6.07, 6.45) is 0. The lowest BCUT2D eigenvalue weighted by atomic mass is 9.97. The highest BCUT2D eigenvalue weighted by Crippen LogP contribution is 2.30. The Bertz CT molecular complexity index is 559. The Morgan fingerprint density at radius 3 is 2.32 bits per heavy atom. The van der Waals surface area contributed by atoms with Crippen LogP contribution in [-0.4, -0.2) is 6.54 Å². The average molecular weight is 294 g/mol. The van der Waals surface area contributed by atoms with Gasteiger partial charge in [-0.05, 0) is 48.4 Å². The van der Waals surface area contributed by atoms with E-state index in [9.17, 15) is 0 Å². The molecule has 0 spiro atoms. The van der Waals surface area contributed by atoms with Crippen LogP contribution in [0.3, 0.4) is 0 Å². The second-order valence-electron chi connectivity index (χ2n) is 4.60. The molecule has 0 fully saturated rings. The summed E-state index contributed by atoms with van der Waals surface area (Å²) < 4.78 is 0. The van der Waals surface area contributed by atoms with Gasteiger partial charge in [-0.3, -0.25) is 0 Å². The fourth-order valence-electron chi connectivity index (χ4n) is 2.08. The molecule has 0 aromatic heterocycles. The first kappa shape index (κ1) is 14.4. The molecule has 0 amide bonds. The van der Waals surface area contributed by atoms with Crippen molar-refractivity contribution >= 4 is 23.2 Å². The molecule has 19 heavy (non-hydrogen) atoms. The van der Waals surface area contributed by atoms with E-state index in [0.29, 0.717) is 10.0 Å². The molecule has 2 rings (SSSR count). The lowest BCUT2D eigenvalue weighted by molar-refractivity contribution is 0.728. The van der Waals surface area contributed by atoms with Crippen LogP contribution >= 0.6 is 23.2 Å². The molecule has 0 aliphatic heterocycles. The average Bonchev–Trinajstić information content (AvgIpc) is 2.36. The van der Waals surface area contributed by atoms with Gasteiger partial charge < -0.3 is 5.32 Å². The maximum atomic E-state index is 6.10. The van der Waals surface area contributed by atoms with Crippen LogP contribution in [0.25, 0.3) is 11.1 Å². The molecular weight excluding hydrogens is 277 g/mol. The molecule has 0 saturated heterocycles. The molecule has 2 aromatic rings. The van der Waals surface area contributed by atoms with Gasteiger partial charge in [0.1, 0.15) is 0 Å². The Hall–Kier alpha value is -1.02. The molecule has 3 heteroatoms. The third kappa shape index (κ3) is 3.73. The van der Waals surface area contributed by atoms with E-state index in [-0.39, 0.29) is 0 Å². The van der Waals surface area contributed by atoms with Crippen LogP contribution in [0.4, 0.5) is 0 Å². The van der Waals surface area contributed by atoms with Gasteiger partial charge in [-0.25, -0.2) is 0 Å². The Morgan fingerprint density at radius 2 is 1.68 bits per heavy atom. The van der Waals surface area contributed by atoms with E-state index in [1.165, 1.54) is 16.7 Å². The monoisotopic (exact) mass is 293 g/mol. The number of rotatable bonds is 4. The van der Waals surface area contributed by atoms with Crippen molar-refractivity contribution in [2.45, 2.75) is 20.4 Å². The van der Waals surface area contributed by atoms with Crippen molar-refractivity contribution in [3.05, 3.63) is 57.6 Å². The molecule has 0 aliphatic rings. The van der Waals surface area contributed by atoms with E-state index < -0.39 is 0 Å². The van der Waals surface area contributed by atoms with Crippen LogP contribution in [0.5, 0.6) is 0 Å². The van der Waals surface area contributed by atoms with Crippen LogP contribution in [0.15, 0.2) is 36.4 Å². The normalized spacial score (nSPS) is 10.7. The second kappa shape index (κ2) is 6.42. The van der Waals surface area contributed by atoms with E-state index in [2.05, 4.69) is 37.4 Å². The predicted molar refractivity (Wildman–Crippen MR) is 84.0 cm³/mol. The van der Waals surface area contributed by atoms with E-state index >= 15 is 0 Å². The molecule has 0 saturated carbocycles. The molecule has 0 heterocycles. The molecule has 0 atom stereocenters. The number of hydrogen-bond acceptors (Lipinski definition) is 1. The van der Waals surface area contributed by atoms with E-state index in [1.807, 2.05) is 12.1 Å². The van der Waals surface area contributed by atoms with Gasteiger partial charge in [-0.2, -0.15) is 0 Å². The van der Waals surface area contributed by atoms with Crippen LogP contribution in [0.2, 0.25) is 10.0 Å². The van der Waals surface area contributed by atoms with Crippen LogP contribution in [-0.2, 0) is 6.54 Å². The number of nitrogens with one attached hydrogen (secondary N) is 1. The van der Waals surface area contributed by atoms with Crippen molar-refractivity contribution in [3.8, 4) is 11.1 Å². The first-order valence-electron chi connectivity index (χ1n) is 6.37. The van der Waals surface area contributed by atoms with Gasteiger partial charge in [0.2, 0.25) is 0 Å². The maximum absolute atomic E-state index is 6.10. The van der Waals surface area contributed by atoms with Gasteiger partial charge in [0.25, 0.3) is 0 Å². The van der Waals surface area contributed by atoms with E-state index in [0.717, 1.165) is 18.7 Å². The van der Waals surface area contributed by atoms with Crippen LogP contribution < -0.4 is 5.32 Å². The zero-order chi connectivity index (χ0) is 13.8. The van der Waals surface area contributed by atoms with Gasteiger partial charge >= 0.3 is 0 Å². The fourth-order valence-corrected chi connectivity index (χ4v) is 2.61. The molecular formula is C16H17Cl2N. The standard InChI is InChI=1S/C16H17Cl2N/c1-3-19-10-12-5-4-11(2)6-16(12)13-7-14(17)9-15(18)8-13/h4-9,19H,3,10H2,1-2H3. The highest BCUT2D eigenvalue weighted by molar-refractivity contribution is 6.35. The Kier molecular flexibility index (Phi) is 4.87. The third-order valence-corrected chi connectivity index (χ3v) is 3.44. The predicted octanol–water partition coefficient (Wildman–Crippen LogP) is 5.08. The topological polar surface area (TPSA) is 12.0 Å². The zero-order valence-corrected chi connectivity index (χ0v) is 12.6. The van der Waals surface area contributed by atoms with Gasteiger partial charge in [0.05, 0.1) is 0 Å². The summed E-state index contributed by atoms with van der Waals surface area (Å²) in [5, 5.41) is 4.69. The Morgan fingerprint density at radius 1 is 1.00 bits per heavy atom. The summed E-state index contributed by atoms with van der Waals surface area (Å²) in [4.78, 5) is 0. The highest BCUT2D eigenvalue weighted by Gasteiger charge is 2.07. The van der Waals surface area contributed by atoms with E-state index in [1.54, 1.807) is 6.07 Å². The second-order valence-corrected chi connectivity index (χ2v) is 5.47. The fraction of sp³-hybridized carbons (Fsp3) is 0.250. The van der Waals surface area contributed by atoms with Crippen molar-refractivity contribution in [2.75, 3.05) is 6.54 Å². The van der Waals surface area contributed by atoms with Gasteiger partial charge in [0, 0.05) is 16.6 Å². The summed E-state index contributed by atoms with van der Waals surface area (Å²) in [6.45, 7) is 5.98. The molecule has 0 unspecified atom stereocenters. The first-order chi connectivity index (χ1) is 9.10. The minimum atomic E-state index is 0.665. The van der Waals surface area contributed by atoms with Crippen LogP contribution in [0, 0.1) is 6.92 Å². The van der Waals surface area contributed by atoms with Gasteiger partial charge in [-0.15, -0.1) is 0 Å². The lowest BCUT2D eigenvalue weighted by Gasteiger charge is -2.12. The minimum absolute atomic E-state index is 0.665. The lowest BCUT2D eigenvalue weighted by Crippen LogP contribution is -2.12. The number of halogens is 2. The summed E-state index contributed by atoms with van der Waals surface area (Å²) >= 11 is 12.2. The summed E-state index contributed by atoms with van der Waals surface area (Å²) in [5.74, 6) is 0. The van der Waals surface area contributed by atoms with E-state index in [4.69, 9.17) is 23.2 Å². The number of benzene rings is 2. The molecule has 100 valence electrons. The summed E-state index contributed by atoms with van der Waals surface area (Å²) in [7, 11) is 0. The van der Waals surface area contributed by atoms with Crippen molar-refractivity contribution in [1.82, 2.24) is 5.32 Å². The highest BCUT2D eigenvalue weighted by atomic mass is 35.5. The SMILES string of the molecule is CCNCc1ccc(C)cc1-c1cc(Cl)cc(Cl)c1. The Balaban J connectivity index is 2.49. The van der Waals surface area contributed by atoms with Crippen molar-refractivity contribution in [3.63, 3.8) is 0 Å². The minimum Gasteiger partial charge on any atom is -0.313 e. The van der Waals surface area contributed by atoms with Crippen LogP contribution in [0.1, 0.15) is 18.1 Å². The molecule has 1 N–H and O–H groups in total. The smallest absolute Gasteiger partial charge is 0.0426 e. The number of aryl methyl sites for hydroxylation is 1. The zero-order valence-electron chi connectivity index (χ0n) is 11.1. The van der Waals surface area contributed by atoms with Gasteiger partial charge in [0.15, 0.2) is 0 Å². The summed E-state index contributed by atoms with van der Waals surface area (Å²) in [6, 6.07) is 12.1. The van der Waals surface area contributed by atoms with Gasteiger partial charge in [-0.1, -0.05) is 53.9 Å². The first-order valence-corrected chi connectivity index (χ1v) is 7.12. The third-order valence-electron chi connectivity index (χ3n) is 3.00. The van der Waals surface area contributed by atoms with Crippen molar-refractivity contribution in [1.29, 1.82) is 0 Å².